The molecule has 0 aliphatic carbocycles. The molecule has 5 heteroatoms. The third kappa shape index (κ3) is 3.44. The smallest absolute Gasteiger partial charge is 0.253 e. The third-order valence-corrected chi connectivity index (χ3v) is 4.50. The number of carbonyl (C=O) groups is 2. The van der Waals surface area contributed by atoms with Crippen molar-refractivity contribution in [2.24, 2.45) is 0 Å². The molecule has 1 fully saturated rings. The van der Waals surface area contributed by atoms with Gasteiger partial charge in [0.1, 0.15) is 0 Å². The zero-order valence-electron chi connectivity index (χ0n) is 13.5. The molecule has 0 saturated carbocycles. The summed E-state index contributed by atoms with van der Waals surface area (Å²) in [5.41, 5.74) is 3.26. The average Bonchev–Trinajstić information content (AvgIpc) is 2.99. The van der Waals surface area contributed by atoms with Crippen molar-refractivity contribution >= 4 is 29.1 Å². The number of rotatable bonds is 4. The Kier molecular flexibility index (Phi) is 4.86. The van der Waals surface area contributed by atoms with Crippen LogP contribution in [0.3, 0.4) is 0 Å². The number of amides is 2. The van der Waals surface area contributed by atoms with Crippen LogP contribution >= 0.6 is 11.6 Å². The molecular formula is C19H19ClN2O2. The summed E-state index contributed by atoms with van der Waals surface area (Å²) in [5, 5.41) is 3.45. The lowest BCUT2D eigenvalue weighted by molar-refractivity contribution is -0.117. The maximum atomic E-state index is 12.6. The Labute approximate surface area is 146 Å². The second-order valence-corrected chi connectivity index (χ2v) is 6.36. The minimum Gasteiger partial charge on any atom is -0.348 e. The van der Waals surface area contributed by atoms with Crippen LogP contribution in [0.5, 0.6) is 0 Å². The lowest BCUT2D eigenvalue weighted by atomic mass is 10.1. The summed E-state index contributed by atoms with van der Waals surface area (Å²) in [4.78, 5) is 26.3. The van der Waals surface area contributed by atoms with Crippen molar-refractivity contribution in [3.63, 3.8) is 0 Å². The van der Waals surface area contributed by atoms with Crippen molar-refractivity contribution in [1.29, 1.82) is 0 Å². The summed E-state index contributed by atoms with van der Waals surface area (Å²) in [6.07, 6.45) is 1.31. The molecular weight excluding hydrogens is 324 g/mol. The van der Waals surface area contributed by atoms with E-state index >= 15 is 0 Å². The fourth-order valence-electron chi connectivity index (χ4n) is 2.90. The van der Waals surface area contributed by atoms with Gasteiger partial charge >= 0.3 is 0 Å². The molecule has 2 amide bonds. The molecule has 4 nitrogen and oxygen atoms in total. The van der Waals surface area contributed by atoms with Crippen molar-refractivity contribution < 1.29 is 9.59 Å². The molecule has 0 radical (unpaired) electrons. The molecule has 3 rings (SSSR count). The summed E-state index contributed by atoms with van der Waals surface area (Å²) in [6, 6.07) is 13.0. The summed E-state index contributed by atoms with van der Waals surface area (Å²) < 4.78 is 0. The van der Waals surface area contributed by atoms with Crippen LogP contribution in [0, 0.1) is 6.92 Å². The van der Waals surface area contributed by atoms with Crippen molar-refractivity contribution in [1.82, 2.24) is 5.32 Å². The number of anilines is 1. The number of nitrogens with zero attached hydrogens (tertiary/aromatic N) is 1. The first-order valence-corrected chi connectivity index (χ1v) is 8.36. The van der Waals surface area contributed by atoms with Crippen LogP contribution in [0.15, 0.2) is 42.5 Å². The van der Waals surface area contributed by atoms with E-state index in [0.29, 0.717) is 35.8 Å². The molecule has 2 aromatic rings. The lowest BCUT2D eigenvalue weighted by Crippen LogP contribution is -2.29. The van der Waals surface area contributed by atoms with Gasteiger partial charge in [0.2, 0.25) is 5.91 Å². The number of hydrogen-bond donors (Lipinski definition) is 1. The Morgan fingerprint density at radius 3 is 2.75 bits per heavy atom. The van der Waals surface area contributed by atoms with Gasteiger partial charge in [0.05, 0.1) is 11.3 Å². The SMILES string of the molecule is Cc1ccccc1CNC(=O)c1ccc(Cl)cc1N1CCCC1=O. The molecule has 0 unspecified atom stereocenters. The monoisotopic (exact) mass is 342 g/mol. The van der Waals surface area contributed by atoms with Gasteiger partial charge in [-0.1, -0.05) is 35.9 Å². The van der Waals surface area contributed by atoms with Crippen LogP contribution in [0.25, 0.3) is 0 Å². The second kappa shape index (κ2) is 7.05. The number of halogens is 1. The van der Waals surface area contributed by atoms with E-state index in [9.17, 15) is 9.59 Å². The third-order valence-electron chi connectivity index (χ3n) is 4.27. The minimum absolute atomic E-state index is 0.0326. The highest BCUT2D eigenvalue weighted by Gasteiger charge is 2.26. The number of benzene rings is 2. The summed E-state index contributed by atoms with van der Waals surface area (Å²) in [7, 11) is 0. The number of carbonyl (C=O) groups excluding carboxylic acids is 2. The fourth-order valence-corrected chi connectivity index (χ4v) is 3.07. The molecule has 0 aromatic heterocycles. The van der Waals surface area contributed by atoms with Gasteiger partial charge in [-0.25, -0.2) is 0 Å². The fraction of sp³-hybridized carbons (Fsp3) is 0.263. The van der Waals surface area contributed by atoms with Gasteiger partial charge in [-0.05, 0) is 42.7 Å². The van der Waals surface area contributed by atoms with Gasteiger partial charge in [0.25, 0.3) is 5.91 Å². The quantitative estimate of drug-likeness (QED) is 0.920. The van der Waals surface area contributed by atoms with Gasteiger partial charge in [0, 0.05) is 24.5 Å². The summed E-state index contributed by atoms with van der Waals surface area (Å²) >= 11 is 6.07. The van der Waals surface area contributed by atoms with E-state index in [1.807, 2.05) is 31.2 Å². The Hall–Kier alpha value is -2.33. The molecule has 1 saturated heterocycles. The van der Waals surface area contributed by atoms with Crippen LogP contribution < -0.4 is 10.2 Å². The highest BCUT2D eigenvalue weighted by Crippen LogP contribution is 2.28. The first-order valence-electron chi connectivity index (χ1n) is 7.99. The van der Waals surface area contributed by atoms with E-state index in [2.05, 4.69) is 5.32 Å². The number of aryl methyl sites for hydroxylation is 1. The first kappa shape index (κ1) is 16.5. The Morgan fingerprint density at radius 1 is 1.25 bits per heavy atom. The predicted molar refractivity (Wildman–Crippen MR) is 95.4 cm³/mol. The maximum absolute atomic E-state index is 12.6. The highest BCUT2D eigenvalue weighted by molar-refractivity contribution is 6.31. The van der Waals surface area contributed by atoms with Crippen molar-refractivity contribution in [2.75, 3.05) is 11.4 Å². The molecule has 24 heavy (non-hydrogen) atoms. The normalized spacial score (nSPS) is 14.1. The Morgan fingerprint density at radius 2 is 2.04 bits per heavy atom. The minimum atomic E-state index is -0.204. The predicted octanol–water partition coefficient (Wildman–Crippen LogP) is 3.71. The van der Waals surface area contributed by atoms with Crippen molar-refractivity contribution in [3.8, 4) is 0 Å². The molecule has 0 bridgehead atoms. The van der Waals surface area contributed by atoms with E-state index in [1.165, 1.54) is 0 Å². The Bertz CT molecular complexity index is 789. The van der Waals surface area contributed by atoms with Gasteiger partial charge in [-0.3, -0.25) is 9.59 Å². The molecule has 0 spiro atoms. The Balaban J connectivity index is 1.82. The lowest BCUT2D eigenvalue weighted by Gasteiger charge is -2.20. The second-order valence-electron chi connectivity index (χ2n) is 5.92. The van der Waals surface area contributed by atoms with Crippen LogP contribution in [-0.2, 0) is 11.3 Å². The molecule has 1 N–H and O–H groups in total. The summed E-state index contributed by atoms with van der Waals surface area (Å²) in [5.74, 6) is -0.171. The van der Waals surface area contributed by atoms with E-state index in [0.717, 1.165) is 17.5 Å². The van der Waals surface area contributed by atoms with Crippen LogP contribution in [0.1, 0.15) is 34.3 Å². The van der Waals surface area contributed by atoms with E-state index in [-0.39, 0.29) is 11.8 Å². The first-order chi connectivity index (χ1) is 11.6. The maximum Gasteiger partial charge on any atom is 0.253 e. The van der Waals surface area contributed by atoms with E-state index in [1.54, 1.807) is 23.1 Å². The van der Waals surface area contributed by atoms with Crippen LogP contribution in [0.4, 0.5) is 5.69 Å². The zero-order chi connectivity index (χ0) is 17.1. The van der Waals surface area contributed by atoms with Gasteiger partial charge in [-0.15, -0.1) is 0 Å². The van der Waals surface area contributed by atoms with Crippen molar-refractivity contribution in [3.05, 3.63) is 64.2 Å². The van der Waals surface area contributed by atoms with Gasteiger partial charge in [-0.2, -0.15) is 0 Å². The number of hydrogen-bond acceptors (Lipinski definition) is 2. The number of nitrogens with one attached hydrogen (secondary N) is 1. The molecule has 124 valence electrons. The largest absolute Gasteiger partial charge is 0.348 e. The van der Waals surface area contributed by atoms with Crippen molar-refractivity contribution in [2.45, 2.75) is 26.3 Å². The molecule has 1 aliphatic heterocycles. The molecule has 1 aliphatic rings. The average molecular weight is 343 g/mol. The summed E-state index contributed by atoms with van der Waals surface area (Å²) in [6.45, 7) is 3.08. The molecule has 0 atom stereocenters. The van der Waals surface area contributed by atoms with Crippen LogP contribution in [-0.4, -0.2) is 18.4 Å². The van der Waals surface area contributed by atoms with Gasteiger partial charge in [0.15, 0.2) is 0 Å². The molecule has 2 aromatic carbocycles. The van der Waals surface area contributed by atoms with E-state index in [4.69, 9.17) is 11.6 Å². The van der Waals surface area contributed by atoms with Gasteiger partial charge < -0.3 is 10.2 Å². The zero-order valence-corrected chi connectivity index (χ0v) is 14.3. The standard InChI is InChI=1S/C19H19ClN2O2/c1-13-5-2-3-6-14(13)12-21-19(24)16-9-8-15(20)11-17(16)22-10-4-7-18(22)23/h2-3,5-6,8-9,11H,4,7,10,12H2,1H3,(H,21,24). The van der Waals surface area contributed by atoms with Crippen LogP contribution in [0.2, 0.25) is 5.02 Å². The van der Waals surface area contributed by atoms with E-state index < -0.39 is 0 Å². The highest BCUT2D eigenvalue weighted by atomic mass is 35.5. The topological polar surface area (TPSA) is 49.4 Å². The molecule has 1 heterocycles.